The molecule has 0 radical (unpaired) electrons. The molecule has 3 nitrogen and oxygen atoms in total. The van der Waals surface area contributed by atoms with E-state index in [-0.39, 0.29) is 5.91 Å². The van der Waals surface area contributed by atoms with Crippen LogP contribution in [-0.2, 0) is 6.54 Å². The van der Waals surface area contributed by atoms with Gasteiger partial charge >= 0.3 is 0 Å². The molecule has 1 aromatic rings. The summed E-state index contributed by atoms with van der Waals surface area (Å²) in [6, 6.07) is 6.45. The van der Waals surface area contributed by atoms with Crippen molar-refractivity contribution in [1.82, 2.24) is 9.80 Å². The van der Waals surface area contributed by atoms with Gasteiger partial charge in [0, 0.05) is 22.6 Å². The van der Waals surface area contributed by atoms with Crippen LogP contribution in [0.25, 0.3) is 0 Å². The molecule has 18 heavy (non-hydrogen) atoms. The molecule has 0 unspecified atom stereocenters. The van der Waals surface area contributed by atoms with Crippen LogP contribution in [0.5, 0.6) is 0 Å². The number of benzene rings is 1. The van der Waals surface area contributed by atoms with Gasteiger partial charge in [0.2, 0.25) is 0 Å². The molecule has 2 aliphatic heterocycles. The number of amides is 1. The van der Waals surface area contributed by atoms with Gasteiger partial charge in [0.25, 0.3) is 5.91 Å². The Kier molecular flexibility index (Phi) is 3.16. The van der Waals surface area contributed by atoms with Crippen molar-refractivity contribution < 1.29 is 4.79 Å². The van der Waals surface area contributed by atoms with Gasteiger partial charge in [-0.2, -0.15) is 0 Å². The molecule has 1 amide bonds. The first kappa shape index (κ1) is 12.2. The maximum absolute atomic E-state index is 12.4. The number of hydrogen-bond acceptors (Lipinski definition) is 2. The van der Waals surface area contributed by atoms with Crippen LogP contribution < -0.4 is 0 Å². The van der Waals surface area contributed by atoms with Crippen LogP contribution >= 0.6 is 15.9 Å². The summed E-state index contributed by atoms with van der Waals surface area (Å²) in [4.78, 5) is 16.8. The molecule has 3 rings (SSSR count). The van der Waals surface area contributed by atoms with E-state index < -0.39 is 0 Å². The number of carbonyl (C=O) groups is 1. The third-order valence-electron chi connectivity index (χ3n) is 4.03. The van der Waals surface area contributed by atoms with Gasteiger partial charge < -0.3 is 9.80 Å². The fourth-order valence-corrected chi connectivity index (χ4v) is 3.26. The van der Waals surface area contributed by atoms with Crippen LogP contribution in [0.2, 0.25) is 0 Å². The second-order valence-electron chi connectivity index (χ2n) is 5.27. The molecule has 0 saturated carbocycles. The zero-order chi connectivity index (χ0) is 12.7. The first-order valence-corrected chi connectivity index (χ1v) is 7.22. The molecule has 0 spiro atoms. The maximum Gasteiger partial charge on any atom is 0.254 e. The van der Waals surface area contributed by atoms with E-state index in [1.807, 2.05) is 12.1 Å². The first-order valence-electron chi connectivity index (χ1n) is 6.43. The standard InChI is InChI=1S/C14H17BrN2O/c1-16-6-4-12(5-7-16)17-9-10-2-3-11(15)8-13(10)14(17)18/h2-3,8,12H,4-7,9H2,1H3. The largest absolute Gasteiger partial charge is 0.331 e. The number of rotatable bonds is 1. The van der Waals surface area contributed by atoms with E-state index in [4.69, 9.17) is 0 Å². The van der Waals surface area contributed by atoms with Gasteiger partial charge in [0.15, 0.2) is 0 Å². The van der Waals surface area contributed by atoms with E-state index in [1.165, 1.54) is 5.56 Å². The topological polar surface area (TPSA) is 23.6 Å². The lowest BCUT2D eigenvalue weighted by atomic mass is 10.0. The monoisotopic (exact) mass is 308 g/mol. The van der Waals surface area contributed by atoms with Crippen molar-refractivity contribution in [1.29, 1.82) is 0 Å². The van der Waals surface area contributed by atoms with Gasteiger partial charge in [0.05, 0.1) is 0 Å². The predicted octanol–water partition coefficient (Wildman–Crippen LogP) is 2.50. The van der Waals surface area contributed by atoms with Gasteiger partial charge in [-0.3, -0.25) is 4.79 Å². The van der Waals surface area contributed by atoms with Crippen molar-refractivity contribution in [3.05, 3.63) is 33.8 Å². The first-order chi connectivity index (χ1) is 8.65. The lowest BCUT2D eigenvalue weighted by Gasteiger charge is -2.34. The molecule has 0 aromatic heterocycles. The highest BCUT2D eigenvalue weighted by molar-refractivity contribution is 9.10. The predicted molar refractivity (Wildman–Crippen MR) is 74.5 cm³/mol. The summed E-state index contributed by atoms with van der Waals surface area (Å²) in [5, 5.41) is 0. The number of nitrogens with zero attached hydrogens (tertiary/aromatic N) is 2. The highest BCUT2D eigenvalue weighted by atomic mass is 79.9. The SMILES string of the molecule is CN1CCC(N2Cc3ccc(Br)cc3C2=O)CC1. The smallest absolute Gasteiger partial charge is 0.254 e. The Hall–Kier alpha value is -0.870. The summed E-state index contributed by atoms with van der Waals surface area (Å²) >= 11 is 3.44. The maximum atomic E-state index is 12.4. The Morgan fingerprint density at radius 3 is 2.72 bits per heavy atom. The van der Waals surface area contributed by atoms with E-state index in [2.05, 4.69) is 38.8 Å². The number of halogens is 1. The summed E-state index contributed by atoms with van der Waals surface area (Å²) in [6.07, 6.45) is 2.19. The van der Waals surface area contributed by atoms with Gasteiger partial charge in [-0.05, 0) is 50.7 Å². The molecule has 1 saturated heterocycles. The van der Waals surface area contributed by atoms with Crippen LogP contribution in [-0.4, -0.2) is 41.9 Å². The van der Waals surface area contributed by atoms with Crippen LogP contribution in [0.15, 0.2) is 22.7 Å². The van der Waals surface area contributed by atoms with Crippen molar-refractivity contribution in [3.63, 3.8) is 0 Å². The molecule has 4 heteroatoms. The summed E-state index contributed by atoms with van der Waals surface area (Å²) in [7, 11) is 2.15. The fraction of sp³-hybridized carbons (Fsp3) is 0.500. The number of carbonyl (C=O) groups excluding carboxylic acids is 1. The van der Waals surface area contributed by atoms with E-state index >= 15 is 0 Å². The lowest BCUT2D eigenvalue weighted by Crippen LogP contribution is -2.43. The second kappa shape index (κ2) is 4.67. The minimum atomic E-state index is 0.209. The molecule has 0 bridgehead atoms. The van der Waals surface area contributed by atoms with Gasteiger partial charge in [-0.15, -0.1) is 0 Å². The van der Waals surface area contributed by atoms with Gasteiger partial charge in [-0.25, -0.2) is 0 Å². The Morgan fingerprint density at radius 2 is 2.00 bits per heavy atom. The minimum absolute atomic E-state index is 0.209. The van der Waals surface area contributed by atoms with E-state index in [9.17, 15) is 4.79 Å². The number of fused-ring (bicyclic) bond motifs is 1. The third-order valence-corrected chi connectivity index (χ3v) is 4.53. The Bertz CT molecular complexity index is 481. The van der Waals surface area contributed by atoms with E-state index in [0.717, 1.165) is 42.5 Å². The average molecular weight is 309 g/mol. The quantitative estimate of drug-likeness (QED) is 0.796. The van der Waals surface area contributed by atoms with Crippen molar-refractivity contribution in [2.75, 3.05) is 20.1 Å². The van der Waals surface area contributed by atoms with E-state index in [1.54, 1.807) is 0 Å². The van der Waals surface area contributed by atoms with Gasteiger partial charge in [0.1, 0.15) is 0 Å². The third kappa shape index (κ3) is 2.08. The van der Waals surface area contributed by atoms with Crippen molar-refractivity contribution in [2.24, 2.45) is 0 Å². The zero-order valence-electron chi connectivity index (χ0n) is 10.5. The fourth-order valence-electron chi connectivity index (χ4n) is 2.90. The second-order valence-corrected chi connectivity index (χ2v) is 6.18. The summed E-state index contributed by atoms with van der Waals surface area (Å²) in [6.45, 7) is 2.97. The number of piperidine rings is 1. The molecule has 96 valence electrons. The van der Waals surface area contributed by atoms with Crippen molar-refractivity contribution in [3.8, 4) is 0 Å². The van der Waals surface area contributed by atoms with Crippen molar-refractivity contribution >= 4 is 21.8 Å². The number of likely N-dealkylation sites (tertiary alicyclic amines) is 1. The molecular weight excluding hydrogens is 292 g/mol. The zero-order valence-corrected chi connectivity index (χ0v) is 12.1. The molecule has 0 atom stereocenters. The van der Waals surface area contributed by atoms with Crippen LogP contribution in [0.4, 0.5) is 0 Å². The van der Waals surface area contributed by atoms with Crippen LogP contribution in [0.3, 0.4) is 0 Å². The molecule has 2 aliphatic rings. The molecule has 0 N–H and O–H groups in total. The minimum Gasteiger partial charge on any atom is -0.331 e. The highest BCUT2D eigenvalue weighted by Gasteiger charge is 2.33. The normalized spacial score (nSPS) is 21.4. The molecular formula is C14H17BrN2O. The average Bonchev–Trinajstić information content (AvgIpc) is 2.68. The Labute approximate surface area is 116 Å². The number of hydrogen-bond donors (Lipinski definition) is 0. The Morgan fingerprint density at radius 1 is 1.28 bits per heavy atom. The van der Waals surface area contributed by atoms with Crippen LogP contribution in [0.1, 0.15) is 28.8 Å². The molecule has 1 fully saturated rings. The van der Waals surface area contributed by atoms with Crippen molar-refractivity contribution in [2.45, 2.75) is 25.4 Å². The summed E-state index contributed by atoms with van der Waals surface area (Å²) in [5.41, 5.74) is 2.05. The Balaban J connectivity index is 1.80. The summed E-state index contributed by atoms with van der Waals surface area (Å²) in [5.74, 6) is 0.209. The molecule has 1 aromatic carbocycles. The van der Waals surface area contributed by atoms with Crippen LogP contribution in [0, 0.1) is 0 Å². The summed E-state index contributed by atoms with van der Waals surface area (Å²) < 4.78 is 0.986. The van der Waals surface area contributed by atoms with E-state index in [0.29, 0.717) is 6.04 Å². The van der Waals surface area contributed by atoms with Gasteiger partial charge in [-0.1, -0.05) is 22.0 Å². The molecule has 2 heterocycles. The molecule has 0 aliphatic carbocycles. The lowest BCUT2D eigenvalue weighted by molar-refractivity contribution is 0.0617. The highest BCUT2D eigenvalue weighted by Crippen LogP contribution is 2.30.